The summed E-state index contributed by atoms with van der Waals surface area (Å²) in [4.78, 5) is 11.9. The number of rotatable bonds is 6. The Labute approximate surface area is 113 Å². The van der Waals surface area contributed by atoms with Crippen LogP contribution in [0.1, 0.15) is 37.6 Å². The molecule has 1 aromatic rings. The number of amides is 1. The molecule has 0 bridgehead atoms. The van der Waals surface area contributed by atoms with Gasteiger partial charge in [-0.25, -0.2) is 0 Å². The quantitative estimate of drug-likeness (QED) is 0.806. The highest BCUT2D eigenvalue weighted by molar-refractivity contribution is 6.20. The van der Waals surface area contributed by atoms with Gasteiger partial charge in [0.2, 0.25) is 0 Å². The minimum Gasteiger partial charge on any atom is -0.491 e. The Morgan fingerprint density at radius 2 is 2.17 bits per heavy atom. The highest BCUT2D eigenvalue weighted by Crippen LogP contribution is 2.15. The number of halogens is 1. The lowest BCUT2D eigenvalue weighted by Gasteiger charge is -2.12. The minimum atomic E-state index is -0.122. The molecule has 0 aliphatic heterocycles. The van der Waals surface area contributed by atoms with Gasteiger partial charge < -0.3 is 10.1 Å². The van der Waals surface area contributed by atoms with Crippen molar-refractivity contribution in [2.75, 3.05) is 6.54 Å². The third kappa shape index (κ3) is 4.96. The Balaban J connectivity index is 2.62. The smallest absolute Gasteiger partial charge is 0.251 e. The second-order valence-corrected chi connectivity index (χ2v) is 5.03. The lowest BCUT2D eigenvalue weighted by molar-refractivity contribution is 0.0952. The van der Waals surface area contributed by atoms with Crippen molar-refractivity contribution in [2.45, 2.75) is 38.7 Å². The molecular formula is C14H20ClNO2. The van der Waals surface area contributed by atoms with E-state index in [-0.39, 0.29) is 17.4 Å². The molecule has 1 amide bonds. The summed E-state index contributed by atoms with van der Waals surface area (Å²) < 4.78 is 5.55. The van der Waals surface area contributed by atoms with Crippen LogP contribution in [-0.4, -0.2) is 23.9 Å². The summed E-state index contributed by atoms with van der Waals surface area (Å²) in [6, 6.07) is 7.15. The van der Waals surface area contributed by atoms with E-state index in [1.165, 1.54) is 0 Å². The third-order valence-corrected chi connectivity index (χ3v) is 2.86. The summed E-state index contributed by atoms with van der Waals surface area (Å²) in [6.45, 7) is 6.37. The van der Waals surface area contributed by atoms with Crippen LogP contribution in [0.2, 0.25) is 0 Å². The van der Waals surface area contributed by atoms with Gasteiger partial charge in [-0.1, -0.05) is 13.0 Å². The third-order valence-electron chi connectivity index (χ3n) is 2.40. The van der Waals surface area contributed by atoms with Crippen molar-refractivity contribution >= 4 is 17.5 Å². The number of benzene rings is 1. The van der Waals surface area contributed by atoms with Crippen LogP contribution in [0.15, 0.2) is 24.3 Å². The van der Waals surface area contributed by atoms with Crippen molar-refractivity contribution in [2.24, 2.45) is 0 Å². The van der Waals surface area contributed by atoms with Crippen molar-refractivity contribution in [3.63, 3.8) is 0 Å². The Hall–Kier alpha value is -1.22. The first-order valence-corrected chi connectivity index (χ1v) is 6.65. The van der Waals surface area contributed by atoms with E-state index in [4.69, 9.17) is 16.3 Å². The number of nitrogens with one attached hydrogen (secondary N) is 1. The summed E-state index contributed by atoms with van der Waals surface area (Å²) >= 11 is 5.96. The molecule has 1 unspecified atom stereocenters. The largest absolute Gasteiger partial charge is 0.491 e. The standard InChI is InChI=1S/C14H20ClNO2/c1-4-12(15)9-16-14(17)11-6-5-7-13(8-11)18-10(2)3/h5-8,10,12H,4,9H2,1-3H3,(H,16,17). The molecule has 0 saturated carbocycles. The fourth-order valence-electron chi connectivity index (χ4n) is 1.43. The van der Waals surface area contributed by atoms with Crippen LogP contribution >= 0.6 is 11.6 Å². The molecule has 0 saturated heterocycles. The second kappa shape index (κ2) is 7.27. The zero-order chi connectivity index (χ0) is 13.5. The first-order chi connectivity index (χ1) is 8.52. The molecule has 3 nitrogen and oxygen atoms in total. The van der Waals surface area contributed by atoms with Gasteiger partial charge in [-0.2, -0.15) is 0 Å². The Morgan fingerprint density at radius 1 is 1.44 bits per heavy atom. The Kier molecular flexibility index (Phi) is 5.99. The van der Waals surface area contributed by atoms with E-state index in [0.29, 0.717) is 17.9 Å². The van der Waals surface area contributed by atoms with Gasteiger partial charge in [0.1, 0.15) is 5.75 Å². The van der Waals surface area contributed by atoms with Gasteiger partial charge in [0.15, 0.2) is 0 Å². The molecule has 0 aliphatic rings. The van der Waals surface area contributed by atoms with E-state index in [1.54, 1.807) is 12.1 Å². The van der Waals surface area contributed by atoms with Gasteiger partial charge >= 0.3 is 0 Å². The molecule has 0 heterocycles. The summed E-state index contributed by atoms with van der Waals surface area (Å²) in [5.74, 6) is 0.582. The van der Waals surface area contributed by atoms with Crippen LogP contribution in [0.4, 0.5) is 0 Å². The average Bonchev–Trinajstić information content (AvgIpc) is 2.35. The fourth-order valence-corrected chi connectivity index (χ4v) is 1.51. The van der Waals surface area contributed by atoms with Crippen molar-refractivity contribution < 1.29 is 9.53 Å². The molecular weight excluding hydrogens is 250 g/mol. The van der Waals surface area contributed by atoms with Gasteiger partial charge in [-0.3, -0.25) is 4.79 Å². The molecule has 1 atom stereocenters. The molecule has 100 valence electrons. The predicted octanol–water partition coefficient (Wildman–Crippen LogP) is 3.22. The Morgan fingerprint density at radius 3 is 2.78 bits per heavy atom. The maximum Gasteiger partial charge on any atom is 0.251 e. The average molecular weight is 270 g/mol. The predicted molar refractivity (Wildman–Crippen MR) is 74.5 cm³/mol. The van der Waals surface area contributed by atoms with E-state index in [9.17, 15) is 4.79 Å². The second-order valence-electron chi connectivity index (χ2n) is 4.41. The Bertz CT molecular complexity index is 393. The molecule has 1 aromatic carbocycles. The van der Waals surface area contributed by atoms with Gasteiger partial charge in [0, 0.05) is 12.1 Å². The topological polar surface area (TPSA) is 38.3 Å². The number of carbonyl (C=O) groups excluding carboxylic acids is 1. The lowest BCUT2D eigenvalue weighted by atomic mass is 10.2. The van der Waals surface area contributed by atoms with E-state index in [1.807, 2.05) is 32.9 Å². The van der Waals surface area contributed by atoms with Crippen LogP contribution in [0.3, 0.4) is 0 Å². The highest BCUT2D eigenvalue weighted by atomic mass is 35.5. The zero-order valence-electron chi connectivity index (χ0n) is 11.1. The SMILES string of the molecule is CCC(Cl)CNC(=O)c1cccc(OC(C)C)c1. The first kappa shape index (κ1) is 14.8. The van der Waals surface area contributed by atoms with Crippen molar-refractivity contribution in [3.05, 3.63) is 29.8 Å². The minimum absolute atomic E-state index is 0.0240. The van der Waals surface area contributed by atoms with Crippen LogP contribution in [0, 0.1) is 0 Å². The number of ether oxygens (including phenoxy) is 1. The van der Waals surface area contributed by atoms with Crippen molar-refractivity contribution in [1.82, 2.24) is 5.32 Å². The van der Waals surface area contributed by atoms with Gasteiger partial charge in [0.05, 0.1) is 11.5 Å². The molecule has 4 heteroatoms. The van der Waals surface area contributed by atoms with E-state index >= 15 is 0 Å². The first-order valence-electron chi connectivity index (χ1n) is 6.22. The molecule has 0 fully saturated rings. The van der Waals surface area contributed by atoms with Gasteiger partial charge in [-0.05, 0) is 38.5 Å². The molecule has 0 aliphatic carbocycles. The monoisotopic (exact) mass is 269 g/mol. The highest BCUT2D eigenvalue weighted by Gasteiger charge is 2.09. The molecule has 0 aromatic heterocycles. The number of carbonyl (C=O) groups is 1. The summed E-state index contributed by atoms with van der Waals surface area (Å²) in [5.41, 5.74) is 0.591. The van der Waals surface area contributed by atoms with Crippen LogP contribution in [0.25, 0.3) is 0 Å². The van der Waals surface area contributed by atoms with Crippen molar-refractivity contribution in [1.29, 1.82) is 0 Å². The molecule has 0 spiro atoms. The maximum absolute atomic E-state index is 11.9. The number of hydrogen-bond acceptors (Lipinski definition) is 2. The van der Waals surface area contributed by atoms with Crippen LogP contribution < -0.4 is 10.1 Å². The molecule has 0 radical (unpaired) electrons. The maximum atomic E-state index is 11.9. The number of alkyl halides is 1. The molecule has 1 rings (SSSR count). The normalized spacial score (nSPS) is 12.3. The molecule has 18 heavy (non-hydrogen) atoms. The van der Waals surface area contributed by atoms with E-state index in [0.717, 1.165) is 6.42 Å². The van der Waals surface area contributed by atoms with Gasteiger partial charge in [-0.15, -0.1) is 11.6 Å². The zero-order valence-corrected chi connectivity index (χ0v) is 11.8. The van der Waals surface area contributed by atoms with Crippen molar-refractivity contribution in [3.8, 4) is 5.75 Å². The van der Waals surface area contributed by atoms with Crippen LogP contribution in [0.5, 0.6) is 5.75 Å². The summed E-state index contributed by atoms with van der Waals surface area (Å²) in [5, 5.41) is 2.78. The van der Waals surface area contributed by atoms with Crippen LogP contribution in [-0.2, 0) is 0 Å². The van der Waals surface area contributed by atoms with E-state index in [2.05, 4.69) is 5.32 Å². The molecule has 1 N–H and O–H groups in total. The summed E-state index contributed by atoms with van der Waals surface area (Å²) in [7, 11) is 0. The summed E-state index contributed by atoms with van der Waals surface area (Å²) in [6.07, 6.45) is 0.925. The fraction of sp³-hybridized carbons (Fsp3) is 0.500. The van der Waals surface area contributed by atoms with E-state index < -0.39 is 0 Å². The van der Waals surface area contributed by atoms with Gasteiger partial charge in [0.25, 0.3) is 5.91 Å². The number of hydrogen-bond donors (Lipinski definition) is 1. The lowest BCUT2D eigenvalue weighted by Crippen LogP contribution is -2.29.